The maximum atomic E-state index is 11.2. The van der Waals surface area contributed by atoms with Crippen molar-refractivity contribution in [2.45, 2.75) is 45.6 Å². The summed E-state index contributed by atoms with van der Waals surface area (Å²) in [6, 6.07) is 3.89. The van der Waals surface area contributed by atoms with Crippen LogP contribution >= 0.6 is 0 Å². The van der Waals surface area contributed by atoms with E-state index >= 15 is 0 Å². The smallest absolute Gasteiger partial charge is 0.326 e. The average Bonchev–Trinajstić information content (AvgIpc) is 2.28. The van der Waals surface area contributed by atoms with Gasteiger partial charge in [0.05, 0.1) is 0 Å². The molecule has 110 valence electrons. The van der Waals surface area contributed by atoms with Gasteiger partial charge in [0.25, 0.3) is 0 Å². The van der Waals surface area contributed by atoms with Gasteiger partial charge in [-0.3, -0.25) is 4.79 Å². The number of amides is 1. The second-order valence-electron chi connectivity index (χ2n) is 5.89. The molecule has 0 aliphatic carbocycles. The number of carbonyl (C=O) groups is 2. The highest BCUT2D eigenvalue weighted by Gasteiger charge is 2.24. The average molecular weight is 279 g/mol. The van der Waals surface area contributed by atoms with E-state index in [0.29, 0.717) is 0 Å². The normalized spacial score (nSPS) is 12.8. The first-order valence-electron chi connectivity index (χ1n) is 6.43. The fourth-order valence-corrected chi connectivity index (χ4v) is 2.11. The molecule has 0 fully saturated rings. The lowest BCUT2D eigenvalue weighted by atomic mass is 9.82. The fraction of sp³-hybridized carbons (Fsp3) is 0.467. The lowest BCUT2D eigenvalue weighted by Gasteiger charge is -2.24. The molecule has 0 saturated heterocycles. The number of aromatic hydroxyl groups is 1. The van der Waals surface area contributed by atoms with Crippen LogP contribution in [0.5, 0.6) is 5.75 Å². The van der Waals surface area contributed by atoms with Gasteiger partial charge in [-0.2, -0.15) is 0 Å². The summed E-state index contributed by atoms with van der Waals surface area (Å²) in [5.74, 6) is -1.31. The molecule has 1 rings (SSSR count). The predicted molar refractivity (Wildman–Crippen MR) is 75.8 cm³/mol. The molecular weight excluding hydrogens is 258 g/mol. The van der Waals surface area contributed by atoms with E-state index in [1.54, 1.807) is 12.1 Å². The topological polar surface area (TPSA) is 86.6 Å². The molecule has 1 atom stereocenters. The van der Waals surface area contributed by atoms with Gasteiger partial charge in [0.1, 0.15) is 11.8 Å². The molecule has 0 aliphatic heterocycles. The van der Waals surface area contributed by atoms with Crippen molar-refractivity contribution in [3.8, 4) is 5.75 Å². The van der Waals surface area contributed by atoms with Crippen molar-refractivity contribution >= 4 is 11.9 Å². The summed E-state index contributed by atoms with van der Waals surface area (Å²) in [6.45, 7) is 7.25. The molecule has 1 amide bonds. The number of nitrogens with one attached hydrogen (secondary N) is 1. The van der Waals surface area contributed by atoms with E-state index in [-0.39, 0.29) is 23.5 Å². The number of carboxylic acid groups (broad SMARTS) is 1. The quantitative estimate of drug-likeness (QED) is 0.784. The molecular formula is C15H21NO4. The van der Waals surface area contributed by atoms with E-state index in [1.807, 2.05) is 20.8 Å². The van der Waals surface area contributed by atoms with Crippen molar-refractivity contribution in [3.05, 3.63) is 29.3 Å². The van der Waals surface area contributed by atoms with Gasteiger partial charge in [0.2, 0.25) is 5.91 Å². The van der Waals surface area contributed by atoms with E-state index in [1.165, 1.54) is 13.0 Å². The van der Waals surface area contributed by atoms with Crippen LogP contribution in [0.25, 0.3) is 0 Å². The van der Waals surface area contributed by atoms with Gasteiger partial charge in [-0.1, -0.05) is 26.8 Å². The Morgan fingerprint density at radius 2 is 1.90 bits per heavy atom. The molecule has 1 aromatic carbocycles. The molecule has 5 nitrogen and oxygen atoms in total. The fourth-order valence-electron chi connectivity index (χ4n) is 2.11. The van der Waals surface area contributed by atoms with Crippen molar-refractivity contribution in [2.75, 3.05) is 0 Å². The van der Waals surface area contributed by atoms with Crippen LogP contribution in [0.15, 0.2) is 18.2 Å². The van der Waals surface area contributed by atoms with Crippen molar-refractivity contribution in [2.24, 2.45) is 0 Å². The molecule has 0 saturated carbocycles. The number of rotatable bonds is 4. The summed E-state index contributed by atoms with van der Waals surface area (Å²) in [6.07, 6.45) is 0.182. The Morgan fingerprint density at radius 1 is 1.30 bits per heavy atom. The summed E-state index contributed by atoms with van der Waals surface area (Å²) in [4.78, 5) is 22.3. The largest absolute Gasteiger partial charge is 0.508 e. The first-order chi connectivity index (χ1) is 9.11. The van der Waals surface area contributed by atoms with Crippen LogP contribution in [-0.2, 0) is 21.4 Å². The van der Waals surface area contributed by atoms with E-state index in [4.69, 9.17) is 5.11 Å². The number of aliphatic carboxylic acids is 1. The van der Waals surface area contributed by atoms with E-state index in [0.717, 1.165) is 11.1 Å². The summed E-state index contributed by atoms with van der Waals surface area (Å²) in [7, 11) is 0. The van der Waals surface area contributed by atoms with Crippen molar-refractivity contribution in [1.29, 1.82) is 0 Å². The second kappa shape index (κ2) is 5.94. The molecule has 20 heavy (non-hydrogen) atoms. The molecule has 0 heterocycles. The minimum absolute atomic E-state index is 0.144. The Balaban J connectivity index is 3.12. The molecule has 0 bridgehead atoms. The first-order valence-corrected chi connectivity index (χ1v) is 6.43. The van der Waals surface area contributed by atoms with Gasteiger partial charge >= 0.3 is 5.97 Å². The number of carbonyl (C=O) groups excluding carboxylic acids is 1. The summed E-state index contributed by atoms with van der Waals surface area (Å²) < 4.78 is 0. The number of hydrogen-bond donors (Lipinski definition) is 3. The van der Waals surface area contributed by atoms with Crippen LogP contribution in [0, 0.1) is 0 Å². The zero-order chi connectivity index (χ0) is 15.5. The molecule has 0 radical (unpaired) electrons. The highest BCUT2D eigenvalue weighted by atomic mass is 16.4. The molecule has 0 aliphatic rings. The molecule has 3 N–H and O–H groups in total. The van der Waals surface area contributed by atoms with Crippen molar-refractivity contribution in [3.63, 3.8) is 0 Å². The minimum atomic E-state index is -1.08. The Labute approximate surface area is 118 Å². The molecule has 0 unspecified atom stereocenters. The number of hydrogen-bond acceptors (Lipinski definition) is 3. The highest BCUT2D eigenvalue weighted by molar-refractivity contribution is 5.82. The standard InChI is InChI=1S/C15H21NO4/c1-9(17)16-13(14(19)20)7-10-5-6-11(18)8-12(10)15(2,3)4/h5-6,8,13,18H,7H2,1-4H3,(H,16,17)(H,19,20)/t13-/m0/s1. The number of carboxylic acids is 1. The predicted octanol–water partition coefficient (Wildman–Crippen LogP) is 1.82. The lowest BCUT2D eigenvalue weighted by molar-refractivity contribution is -0.141. The van der Waals surface area contributed by atoms with E-state index in [9.17, 15) is 14.7 Å². The Hall–Kier alpha value is -2.04. The van der Waals surface area contributed by atoms with Gasteiger partial charge in [0.15, 0.2) is 0 Å². The van der Waals surface area contributed by atoms with Gasteiger partial charge in [0, 0.05) is 13.3 Å². The zero-order valence-corrected chi connectivity index (χ0v) is 12.2. The van der Waals surface area contributed by atoms with Gasteiger partial charge in [-0.25, -0.2) is 4.79 Å². The van der Waals surface area contributed by atoms with Crippen LogP contribution in [0.3, 0.4) is 0 Å². The molecule has 0 spiro atoms. The third-order valence-electron chi connectivity index (χ3n) is 3.00. The number of phenolic OH excluding ortho intramolecular Hbond substituents is 1. The number of phenols is 1. The second-order valence-corrected chi connectivity index (χ2v) is 5.89. The third kappa shape index (κ3) is 4.26. The Bertz CT molecular complexity index is 517. The monoisotopic (exact) mass is 279 g/mol. The van der Waals surface area contributed by atoms with Gasteiger partial charge in [-0.15, -0.1) is 0 Å². The molecule has 1 aromatic rings. The number of benzene rings is 1. The van der Waals surface area contributed by atoms with E-state index in [2.05, 4.69) is 5.32 Å². The van der Waals surface area contributed by atoms with Crippen LogP contribution < -0.4 is 5.32 Å². The SMILES string of the molecule is CC(=O)N[C@@H](Cc1ccc(O)cc1C(C)(C)C)C(=O)O. The Morgan fingerprint density at radius 3 is 2.35 bits per heavy atom. The summed E-state index contributed by atoms with van der Waals surface area (Å²) in [5.41, 5.74) is 1.44. The van der Waals surface area contributed by atoms with Crippen LogP contribution in [0.1, 0.15) is 38.8 Å². The maximum Gasteiger partial charge on any atom is 0.326 e. The van der Waals surface area contributed by atoms with Gasteiger partial charge < -0.3 is 15.5 Å². The van der Waals surface area contributed by atoms with E-state index < -0.39 is 12.0 Å². The van der Waals surface area contributed by atoms with Gasteiger partial charge in [-0.05, 0) is 28.7 Å². The van der Waals surface area contributed by atoms with Crippen molar-refractivity contribution in [1.82, 2.24) is 5.32 Å². The summed E-state index contributed by atoms with van der Waals surface area (Å²) >= 11 is 0. The maximum absolute atomic E-state index is 11.2. The lowest BCUT2D eigenvalue weighted by Crippen LogP contribution is -2.41. The van der Waals surface area contributed by atoms with Crippen LogP contribution in [-0.4, -0.2) is 28.1 Å². The third-order valence-corrected chi connectivity index (χ3v) is 3.00. The van der Waals surface area contributed by atoms with Crippen LogP contribution in [0.2, 0.25) is 0 Å². The zero-order valence-electron chi connectivity index (χ0n) is 12.2. The minimum Gasteiger partial charge on any atom is -0.508 e. The van der Waals surface area contributed by atoms with Crippen LogP contribution in [0.4, 0.5) is 0 Å². The highest BCUT2D eigenvalue weighted by Crippen LogP contribution is 2.29. The summed E-state index contributed by atoms with van der Waals surface area (Å²) in [5, 5.41) is 21.2. The Kier molecular flexibility index (Phi) is 4.76. The molecule has 0 aromatic heterocycles. The van der Waals surface area contributed by atoms with Crippen molar-refractivity contribution < 1.29 is 19.8 Å². The molecule has 5 heteroatoms. The first kappa shape index (κ1) is 16.0.